The Labute approximate surface area is 167 Å². The van der Waals surface area contributed by atoms with Crippen molar-refractivity contribution in [2.45, 2.75) is 18.5 Å². The van der Waals surface area contributed by atoms with E-state index in [9.17, 15) is 9.59 Å². The summed E-state index contributed by atoms with van der Waals surface area (Å²) >= 11 is 12.6. The van der Waals surface area contributed by atoms with Crippen LogP contribution in [0.3, 0.4) is 0 Å². The van der Waals surface area contributed by atoms with E-state index in [0.717, 1.165) is 25.1 Å². The molecule has 5 rings (SSSR count). The molecule has 3 fully saturated rings. The number of hydrogen-bond donors (Lipinski definition) is 0. The van der Waals surface area contributed by atoms with Crippen LogP contribution in [0.1, 0.15) is 18.0 Å². The number of benzene rings is 2. The third kappa shape index (κ3) is 2.46. The van der Waals surface area contributed by atoms with E-state index in [4.69, 9.17) is 23.2 Å². The van der Waals surface area contributed by atoms with Crippen molar-refractivity contribution in [2.24, 2.45) is 5.92 Å². The molecule has 0 saturated carbocycles. The van der Waals surface area contributed by atoms with Crippen LogP contribution in [0.15, 0.2) is 48.5 Å². The predicted octanol–water partition coefficient (Wildman–Crippen LogP) is 3.53. The van der Waals surface area contributed by atoms with Crippen molar-refractivity contribution in [1.29, 1.82) is 0 Å². The standard InChI is InChI=1S/C20H17Cl2N3O2/c21-12-7-8-14(15(22)11-12)17-16-18(24-10-4-9-23(17)24)20(27)25(19(16)26)13-5-2-1-3-6-13/h1-3,5-8,11,16-18H,4,9-10H2. The molecule has 2 aromatic rings. The first kappa shape index (κ1) is 17.2. The van der Waals surface area contributed by atoms with Gasteiger partial charge in [-0.25, -0.2) is 14.9 Å². The smallest absolute Gasteiger partial charge is 0.253 e. The Bertz CT molecular complexity index is 936. The number of hydrazine groups is 1. The number of carbonyl (C=O) groups is 2. The van der Waals surface area contributed by atoms with Gasteiger partial charge in [0.25, 0.3) is 5.91 Å². The van der Waals surface area contributed by atoms with E-state index in [0.29, 0.717) is 15.7 Å². The van der Waals surface area contributed by atoms with E-state index in [1.54, 1.807) is 24.3 Å². The summed E-state index contributed by atoms with van der Waals surface area (Å²) in [5.41, 5.74) is 1.46. The monoisotopic (exact) mass is 401 g/mol. The maximum absolute atomic E-state index is 13.4. The normalized spacial score (nSPS) is 28.1. The number of rotatable bonds is 2. The number of fused-ring (bicyclic) bond motifs is 3. The quantitative estimate of drug-likeness (QED) is 0.721. The number of para-hydroxylation sites is 1. The van der Waals surface area contributed by atoms with Crippen molar-refractivity contribution >= 4 is 40.7 Å². The van der Waals surface area contributed by atoms with E-state index in [1.807, 2.05) is 24.3 Å². The van der Waals surface area contributed by atoms with Gasteiger partial charge < -0.3 is 0 Å². The Kier molecular flexibility index (Phi) is 4.02. The molecule has 0 aromatic heterocycles. The molecular weight excluding hydrogens is 385 g/mol. The van der Waals surface area contributed by atoms with Crippen LogP contribution in [0.4, 0.5) is 5.69 Å². The summed E-state index contributed by atoms with van der Waals surface area (Å²) in [6.07, 6.45) is 0.956. The van der Waals surface area contributed by atoms with Gasteiger partial charge in [-0.2, -0.15) is 0 Å². The third-order valence-electron chi connectivity index (χ3n) is 5.70. The lowest BCUT2D eigenvalue weighted by molar-refractivity contribution is -0.126. The van der Waals surface area contributed by atoms with Gasteiger partial charge in [0.15, 0.2) is 0 Å². The largest absolute Gasteiger partial charge is 0.274 e. The molecule has 0 radical (unpaired) electrons. The molecule has 27 heavy (non-hydrogen) atoms. The number of anilines is 1. The molecule has 0 N–H and O–H groups in total. The lowest BCUT2D eigenvalue weighted by Crippen LogP contribution is -2.44. The topological polar surface area (TPSA) is 43.9 Å². The Morgan fingerprint density at radius 2 is 1.56 bits per heavy atom. The van der Waals surface area contributed by atoms with Gasteiger partial charge in [-0.15, -0.1) is 0 Å². The van der Waals surface area contributed by atoms with Crippen LogP contribution in [-0.2, 0) is 9.59 Å². The predicted molar refractivity (Wildman–Crippen MR) is 103 cm³/mol. The summed E-state index contributed by atoms with van der Waals surface area (Å²) in [6.45, 7) is 1.58. The van der Waals surface area contributed by atoms with Gasteiger partial charge in [0.1, 0.15) is 6.04 Å². The van der Waals surface area contributed by atoms with E-state index in [2.05, 4.69) is 10.0 Å². The van der Waals surface area contributed by atoms with Gasteiger partial charge in [-0.3, -0.25) is 9.59 Å². The van der Waals surface area contributed by atoms with Crippen LogP contribution in [0, 0.1) is 5.92 Å². The van der Waals surface area contributed by atoms with E-state index < -0.39 is 12.0 Å². The second-order valence-corrected chi connectivity index (χ2v) is 7.95. The Morgan fingerprint density at radius 3 is 2.26 bits per heavy atom. The molecule has 3 aliphatic heterocycles. The highest BCUT2D eigenvalue weighted by atomic mass is 35.5. The summed E-state index contributed by atoms with van der Waals surface area (Å²) in [6, 6.07) is 13.7. The Hall–Kier alpha value is -1.92. The van der Waals surface area contributed by atoms with Crippen LogP contribution in [0.5, 0.6) is 0 Å². The van der Waals surface area contributed by atoms with E-state index in [-0.39, 0.29) is 17.9 Å². The van der Waals surface area contributed by atoms with Gasteiger partial charge in [-0.05, 0) is 36.2 Å². The molecule has 2 amide bonds. The molecule has 0 spiro atoms. The van der Waals surface area contributed by atoms with Crippen molar-refractivity contribution in [1.82, 2.24) is 10.0 Å². The summed E-state index contributed by atoms with van der Waals surface area (Å²) in [7, 11) is 0. The number of halogens is 2. The minimum Gasteiger partial charge on any atom is -0.274 e. The Balaban J connectivity index is 1.61. The van der Waals surface area contributed by atoms with Gasteiger partial charge in [-0.1, -0.05) is 47.5 Å². The van der Waals surface area contributed by atoms with Crippen LogP contribution >= 0.6 is 23.2 Å². The SMILES string of the molecule is O=C1C2C(C(=O)N1c1ccccc1)N1CCCN1C2c1ccc(Cl)cc1Cl. The minimum absolute atomic E-state index is 0.157. The lowest BCUT2D eigenvalue weighted by atomic mass is 9.90. The van der Waals surface area contributed by atoms with Gasteiger partial charge in [0.2, 0.25) is 5.91 Å². The second-order valence-electron chi connectivity index (χ2n) is 7.11. The van der Waals surface area contributed by atoms with Gasteiger partial charge in [0, 0.05) is 23.1 Å². The van der Waals surface area contributed by atoms with Crippen molar-refractivity contribution in [2.75, 3.05) is 18.0 Å². The fourth-order valence-electron chi connectivity index (χ4n) is 4.66. The zero-order valence-electron chi connectivity index (χ0n) is 14.4. The number of nitrogens with zero attached hydrogens (tertiary/aromatic N) is 3. The molecular formula is C20H17Cl2N3O2. The van der Waals surface area contributed by atoms with Crippen molar-refractivity contribution in [3.05, 3.63) is 64.1 Å². The molecule has 3 aliphatic rings. The fourth-order valence-corrected chi connectivity index (χ4v) is 5.18. The zero-order valence-corrected chi connectivity index (χ0v) is 15.9. The fraction of sp³-hybridized carbons (Fsp3) is 0.300. The third-order valence-corrected chi connectivity index (χ3v) is 6.26. The molecule has 138 valence electrons. The highest BCUT2D eigenvalue weighted by Gasteiger charge is 2.63. The first-order valence-electron chi connectivity index (χ1n) is 8.99. The lowest BCUT2D eigenvalue weighted by Gasteiger charge is -2.30. The second kappa shape index (κ2) is 6.31. The molecule has 0 aliphatic carbocycles. The van der Waals surface area contributed by atoms with E-state index >= 15 is 0 Å². The van der Waals surface area contributed by atoms with E-state index in [1.165, 1.54) is 4.90 Å². The number of carbonyl (C=O) groups excluding carboxylic acids is 2. The average Bonchev–Trinajstić information content (AvgIpc) is 3.29. The molecule has 3 saturated heterocycles. The number of imide groups is 1. The summed E-state index contributed by atoms with van der Waals surface area (Å²) in [4.78, 5) is 27.9. The van der Waals surface area contributed by atoms with Crippen molar-refractivity contribution < 1.29 is 9.59 Å². The van der Waals surface area contributed by atoms with Gasteiger partial charge in [0.05, 0.1) is 17.6 Å². The maximum Gasteiger partial charge on any atom is 0.253 e. The average molecular weight is 402 g/mol. The van der Waals surface area contributed by atoms with Crippen LogP contribution in [0.25, 0.3) is 0 Å². The van der Waals surface area contributed by atoms with Crippen molar-refractivity contribution in [3.63, 3.8) is 0 Å². The van der Waals surface area contributed by atoms with Crippen LogP contribution in [0.2, 0.25) is 10.0 Å². The zero-order chi connectivity index (χ0) is 18.7. The molecule has 2 aromatic carbocycles. The highest BCUT2D eigenvalue weighted by Crippen LogP contribution is 2.50. The number of amides is 2. The van der Waals surface area contributed by atoms with Crippen LogP contribution in [-0.4, -0.2) is 41.0 Å². The summed E-state index contributed by atoms with van der Waals surface area (Å²) < 4.78 is 0. The summed E-state index contributed by atoms with van der Waals surface area (Å²) in [5, 5.41) is 5.28. The first-order valence-corrected chi connectivity index (χ1v) is 9.74. The minimum atomic E-state index is -0.475. The van der Waals surface area contributed by atoms with Crippen LogP contribution < -0.4 is 4.90 Å². The summed E-state index contributed by atoms with van der Waals surface area (Å²) in [5.74, 6) is -0.797. The maximum atomic E-state index is 13.4. The molecule has 5 nitrogen and oxygen atoms in total. The first-order chi connectivity index (χ1) is 13.1. The highest BCUT2D eigenvalue weighted by molar-refractivity contribution is 6.35. The van der Waals surface area contributed by atoms with Gasteiger partial charge >= 0.3 is 0 Å². The Morgan fingerprint density at radius 1 is 0.852 bits per heavy atom. The molecule has 7 heteroatoms. The number of hydrogen-bond acceptors (Lipinski definition) is 4. The molecule has 3 unspecified atom stereocenters. The molecule has 3 atom stereocenters. The van der Waals surface area contributed by atoms with Crippen molar-refractivity contribution in [3.8, 4) is 0 Å². The molecule has 3 heterocycles. The molecule has 0 bridgehead atoms.